The maximum absolute atomic E-state index is 6.11. The van der Waals surface area contributed by atoms with Crippen LogP contribution in [0.15, 0.2) is 0 Å². The average molecular weight is 359 g/mol. The van der Waals surface area contributed by atoms with Gasteiger partial charge in [-0.05, 0) is 56.5 Å². The van der Waals surface area contributed by atoms with Crippen molar-refractivity contribution in [3.8, 4) is 0 Å². The Bertz CT molecular complexity index is 250. The summed E-state index contributed by atoms with van der Waals surface area (Å²) in [7, 11) is 2.25. The fraction of sp³-hybridized carbons (Fsp3) is 1.00. The molecular formula is C22H47OP. The van der Waals surface area contributed by atoms with Crippen molar-refractivity contribution in [2.75, 3.05) is 25.6 Å². The lowest BCUT2D eigenvalue weighted by molar-refractivity contribution is -0.0707. The first-order valence-corrected chi connectivity index (χ1v) is 12.8. The van der Waals surface area contributed by atoms with Crippen LogP contribution in [-0.2, 0) is 4.74 Å². The largest absolute Gasteiger partial charge is 0.378 e. The molecule has 1 nitrogen and oxygen atoms in total. The normalized spacial score (nSPS) is 13.6. The lowest BCUT2D eigenvalue weighted by atomic mass is 9.77. The van der Waals surface area contributed by atoms with Crippen molar-refractivity contribution in [2.45, 2.75) is 111 Å². The summed E-state index contributed by atoms with van der Waals surface area (Å²) in [6, 6.07) is 0. The van der Waals surface area contributed by atoms with Gasteiger partial charge >= 0.3 is 0 Å². The molecule has 1 atom stereocenters. The van der Waals surface area contributed by atoms with Gasteiger partial charge in [-0.1, -0.05) is 73.1 Å². The van der Waals surface area contributed by atoms with Gasteiger partial charge in [-0.2, -0.15) is 0 Å². The van der Waals surface area contributed by atoms with Crippen LogP contribution in [0.2, 0.25) is 0 Å². The van der Waals surface area contributed by atoms with Gasteiger partial charge in [0.25, 0.3) is 0 Å². The van der Waals surface area contributed by atoms with Gasteiger partial charge in [-0.25, -0.2) is 0 Å². The molecule has 0 aromatic carbocycles. The van der Waals surface area contributed by atoms with Crippen LogP contribution >= 0.6 is 7.92 Å². The number of unbranched alkanes of at least 4 members (excludes halogenated alkanes) is 5. The second kappa shape index (κ2) is 15.6. The van der Waals surface area contributed by atoms with E-state index in [-0.39, 0.29) is 5.60 Å². The number of ether oxygens (including phenoxy) is 1. The Morgan fingerprint density at radius 1 is 0.750 bits per heavy atom. The van der Waals surface area contributed by atoms with Gasteiger partial charge in [0.05, 0.1) is 5.60 Å². The van der Waals surface area contributed by atoms with E-state index in [9.17, 15) is 0 Å². The molecule has 1 unspecified atom stereocenters. The fourth-order valence-corrected chi connectivity index (χ4v) is 5.93. The zero-order valence-electron chi connectivity index (χ0n) is 17.8. The Labute approximate surface area is 155 Å². The summed E-state index contributed by atoms with van der Waals surface area (Å²) in [6.45, 7) is 11.7. The molecule has 0 radical (unpaired) electrons. The van der Waals surface area contributed by atoms with Gasteiger partial charge in [-0.15, -0.1) is 7.92 Å². The quantitative estimate of drug-likeness (QED) is 0.190. The molecule has 2 heteroatoms. The van der Waals surface area contributed by atoms with E-state index in [0.29, 0.717) is 7.92 Å². The van der Waals surface area contributed by atoms with Crippen LogP contribution in [0.4, 0.5) is 0 Å². The molecule has 146 valence electrons. The molecule has 0 spiro atoms. The van der Waals surface area contributed by atoms with E-state index in [4.69, 9.17) is 4.74 Å². The molecular weight excluding hydrogens is 311 g/mol. The van der Waals surface area contributed by atoms with Gasteiger partial charge in [0.2, 0.25) is 0 Å². The highest BCUT2D eigenvalue weighted by atomic mass is 31.1. The van der Waals surface area contributed by atoms with E-state index in [0.717, 1.165) is 18.8 Å². The SMILES string of the molecule is CCCCCCCCC(CCCP(CC)CC)C(CC)(CC)OC. The molecule has 0 aromatic rings. The molecule has 0 amide bonds. The van der Waals surface area contributed by atoms with Crippen LogP contribution in [0.5, 0.6) is 0 Å². The van der Waals surface area contributed by atoms with Crippen LogP contribution in [0.3, 0.4) is 0 Å². The average Bonchev–Trinajstić information content (AvgIpc) is 2.62. The van der Waals surface area contributed by atoms with Crippen LogP contribution in [-0.4, -0.2) is 31.2 Å². The first-order valence-electron chi connectivity index (χ1n) is 10.9. The van der Waals surface area contributed by atoms with E-state index in [1.54, 1.807) is 0 Å². The van der Waals surface area contributed by atoms with E-state index >= 15 is 0 Å². The highest BCUT2D eigenvalue weighted by molar-refractivity contribution is 7.57. The number of hydrogen-bond donors (Lipinski definition) is 0. The minimum Gasteiger partial charge on any atom is -0.378 e. The molecule has 0 aromatic heterocycles. The summed E-state index contributed by atoms with van der Waals surface area (Å²) < 4.78 is 6.11. The van der Waals surface area contributed by atoms with Gasteiger partial charge in [-0.3, -0.25) is 0 Å². The minimum atomic E-state index is 0.130. The second-order valence-corrected chi connectivity index (χ2v) is 10.5. The first-order chi connectivity index (χ1) is 11.6. The summed E-state index contributed by atoms with van der Waals surface area (Å²) in [4.78, 5) is 0. The van der Waals surface area contributed by atoms with Gasteiger partial charge in [0.1, 0.15) is 0 Å². The highest BCUT2D eigenvalue weighted by Crippen LogP contribution is 2.40. The van der Waals surface area contributed by atoms with Crippen LogP contribution in [0.25, 0.3) is 0 Å². The van der Waals surface area contributed by atoms with Crippen LogP contribution in [0, 0.1) is 5.92 Å². The Kier molecular flexibility index (Phi) is 15.9. The lowest BCUT2D eigenvalue weighted by Gasteiger charge is -2.39. The van der Waals surface area contributed by atoms with Crippen molar-refractivity contribution >= 4 is 7.92 Å². The molecule has 0 aliphatic rings. The number of rotatable bonds is 17. The molecule has 0 bridgehead atoms. The van der Waals surface area contributed by atoms with Gasteiger partial charge in [0, 0.05) is 7.11 Å². The van der Waals surface area contributed by atoms with E-state index in [2.05, 4.69) is 34.6 Å². The monoisotopic (exact) mass is 358 g/mol. The van der Waals surface area contributed by atoms with Gasteiger partial charge < -0.3 is 4.74 Å². The molecule has 0 N–H and O–H groups in total. The maximum Gasteiger partial charge on any atom is 0.0701 e. The third-order valence-corrected chi connectivity index (χ3v) is 8.91. The van der Waals surface area contributed by atoms with Crippen molar-refractivity contribution in [2.24, 2.45) is 5.92 Å². The van der Waals surface area contributed by atoms with E-state index in [1.165, 1.54) is 76.3 Å². The van der Waals surface area contributed by atoms with Crippen molar-refractivity contribution < 1.29 is 4.74 Å². The van der Waals surface area contributed by atoms with Crippen molar-refractivity contribution in [1.82, 2.24) is 0 Å². The van der Waals surface area contributed by atoms with Crippen LogP contribution in [0.1, 0.15) is 105 Å². The lowest BCUT2D eigenvalue weighted by Crippen LogP contribution is -2.39. The van der Waals surface area contributed by atoms with E-state index < -0.39 is 0 Å². The fourth-order valence-electron chi connectivity index (χ4n) is 4.23. The summed E-state index contributed by atoms with van der Waals surface area (Å²) >= 11 is 0. The predicted molar refractivity (Wildman–Crippen MR) is 114 cm³/mol. The van der Waals surface area contributed by atoms with Crippen molar-refractivity contribution in [3.63, 3.8) is 0 Å². The molecule has 0 saturated carbocycles. The standard InChI is InChI=1S/C22H47OP/c1-7-12-13-14-15-16-18-21(22(8-2,9-3)23-6)19-17-20-24(10-4)11-5/h21H,7-20H2,1-6H3. The summed E-state index contributed by atoms with van der Waals surface area (Å²) in [5.41, 5.74) is 0.130. The van der Waals surface area contributed by atoms with Crippen LogP contribution < -0.4 is 0 Å². The summed E-state index contributed by atoms with van der Waals surface area (Å²) in [6.07, 6.45) is 19.2. The summed E-state index contributed by atoms with van der Waals surface area (Å²) in [5.74, 6) is 0.759. The number of methoxy groups -OCH3 is 1. The first kappa shape index (κ1) is 24.4. The van der Waals surface area contributed by atoms with Gasteiger partial charge in [0.15, 0.2) is 0 Å². The Hall–Kier alpha value is 0.390. The van der Waals surface area contributed by atoms with Crippen molar-refractivity contribution in [3.05, 3.63) is 0 Å². The minimum absolute atomic E-state index is 0.130. The molecule has 0 fully saturated rings. The smallest absolute Gasteiger partial charge is 0.0701 e. The third kappa shape index (κ3) is 9.19. The second-order valence-electron chi connectivity index (χ2n) is 7.40. The molecule has 0 aliphatic heterocycles. The Morgan fingerprint density at radius 3 is 1.79 bits per heavy atom. The topological polar surface area (TPSA) is 9.23 Å². The molecule has 24 heavy (non-hydrogen) atoms. The van der Waals surface area contributed by atoms with E-state index in [1.807, 2.05) is 7.11 Å². The molecule has 0 rings (SSSR count). The molecule has 0 aliphatic carbocycles. The summed E-state index contributed by atoms with van der Waals surface area (Å²) in [5, 5.41) is 0. The Morgan fingerprint density at radius 2 is 1.29 bits per heavy atom. The van der Waals surface area contributed by atoms with Crippen molar-refractivity contribution in [1.29, 1.82) is 0 Å². The predicted octanol–water partition coefficient (Wildman–Crippen LogP) is 7.86. The highest BCUT2D eigenvalue weighted by Gasteiger charge is 2.34. The number of hydrogen-bond acceptors (Lipinski definition) is 1. The zero-order chi connectivity index (χ0) is 18.3. The third-order valence-electron chi connectivity index (χ3n) is 6.17. The maximum atomic E-state index is 6.11. The molecule has 0 heterocycles. The Balaban J connectivity index is 4.48. The zero-order valence-corrected chi connectivity index (χ0v) is 18.7. The molecule has 0 saturated heterocycles.